The molecule has 2 nitrogen and oxygen atoms in total. The van der Waals surface area contributed by atoms with Gasteiger partial charge < -0.3 is 10.1 Å². The summed E-state index contributed by atoms with van der Waals surface area (Å²) in [5.74, 6) is 0.768. The summed E-state index contributed by atoms with van der Waals surface area (Å²) in [4.78, 5) is 0. The SMILES string of the molecule is CCCC1OCCC1CNCC. The molecule has 2 unspecified atom stereocenters. The molecule has 0 saturated carbocycles. The Labute approximate surface area is 75.7 Å². The topological polar surface area (TPSA) is 21.3 Å². The third kappa shape index (κ3) is 2.76. The van der Waals surface area contributed by atoms with E-state index < -0.39 is 0 Å². The molecule has 0 radical (unpaired) electrons. The summed E-state index contributed by atoms with van der Waals surface area (Å²) in [6.07, 6.45) is 4.26. The van der Waals surface area contributed by atoms with Gasteiger partial charge in [-0.05, 0) is 25.3 Å². The van der Waals surface area contributed by atoms with Gasteiger partial charge in [0, 0.05) is 13.2 Å². The predicted molar refractivity (Wildman–Crippen MR) is 51.3 cm³/mol. The van der Waals surface area contributed by atoms with Crippen molar-refractivity contribution >= 4 is 0 Å². The zero-order chi connectivity index (χ0) is 8.81. The Bertz CT molecular complexity index is 116. The second kappa shape index (κ2) is 5.55. The quantitative estimate of drug-likeness (QED) is 0.681. The molecule has 2 atom stereocenters. The third-order valence-electron chi connectivity index (χ3n) is 2.58. The molecule has 72 valence electrons. The van der Waals surface area contributed by atoms with Gasteiger partial charge in [0.05, 0.1) is 6.10 Å². The van der Waals surface area contributed by atoms with Gasteiger partial charge in [-0.25, -0.2) is 0 Å². The molecule has 1 heterocycles. The molecule has 0 spiro atoms. The summed E-state index contributed by atoms with van der Waals surface area (Å²) >= 11 is 0. The number of rotatable bonds is 5. The van der Waals surface area contributed by atoms with Crippen LogP contribution in [0.5, 0.6) is 0 Å². The van der Waals surface area contributed by atoms with Gasteiger partial charge >= 0.3 is 0 Å². The minimum atomic E-state index is 0.536. The standard InChI is InChI=1S/C10H21NO/c1-3-5-10-9(6-7-12-10)8-11-4-2/h9-11H,3-8H2,1-2H3. The molecular formula is C10H21NO. The first-order valence-electron chi connectivity index (χ1n) is 5.20. The smallest absolute Gasteiger partial charge is 0.0616 e. The van der Waals surface area contributed by atoms with Crippen LogP contribution in [0.25, 0.3) is 0 Å². The van der Waals surface area contributed by atoms with Crippen LogP contribution in [0.2, 0.25) is 0 Å². The van der Waals surface area contributed by atoms with Gasteiger partial charge in [-0.15, -0.1) is 0 Å². The molecule has 12 heavy (non-hydrogen) atoms. The monoisotopic (exact) mass is 171 g/mol. The molecule has 1 rings (SSSR count). The number of hydrogen-bond acceptors (Lipinski definition) is 2. The van der Waals surface area contributed by atoms with E-state index >= 15 is 0 Å². The average Bonchev–Trinajstić information content (AvgIpc) is 2.50. The van der Waals surface area contributed by atoms with E-state index in [9.17, 15) is 0 Å². The van der Waals surface area contributed by atoms with Crippen molar-refractivity contribution in [2.75, 3.05) is 19.7 Å². The number of ether oxygens (including phenoxy) is 1. The van der Waals surface area contributed by atoms with E-state index in [1.54, 1.807) is 0 Å². The summed E-state index contributed by atoms with van der Waals surface area (Å²) < 4.78 is 5.66. The molecule has 1 saturated heterocycles. The number of hydrogen-bond donors (Lipinski definition) is 1. The molecule has 1 fully saturated rings. The Morgan fingerprint density at radius 1 is 1.42 bits per heavy atom. The fourth-order valence-electron chi connectivity index (χ4n) is 1.86. The lowest BCUT2D eigenvalue weighted by Gasteiger charge is -2.17. The highest BCUT2D eigenvalue weighted by Gasteiger charge is 2.26. The van der Waals surface area contributed by atoms with E-state index in [4.69, 9.17) is 4.74 Å². The predicted octanol–water partition coefficient (Wildman–Crippen LogP) is 1.80. The fourth-order valence-corrected chi connectivity index (χ4v) is 1.86. The van der Waals surface area contributed by atoms with Crippen LogP contribution in [-0.4, -0.2) is 25.8 Å². The first kappa shape index (κ1) is 10.0. The minimum absolute atomic E-state index is 0.536. The van der Waals surface area contributed by atoms with Crippen molar-refractivity contribution in [3.63, 3.8) is 0 Å². The van der Waals surface area contributed by atoms with Crippen LogP contribution in [0.1, 0.15) is 33.1 Å². The third-order valence-corrected chi connectivity index (χ3v) is 2.58. The normalized spacial score (nSPS) is 29.5. The maximum atomic E-state index is 5.66. The Morgan fingerprint density at radius 3 is 2.92 bits per heavy atom. The Morgan fingerprint density at radius 2 is 2.25 bits per heavy atom. The van der Waals surface area contributed by atoms with Crippen molar-refractivity contribution in [1.29, 1.82) is 0 Å². The van der Waals surface area contributed by atoms with Crippen LogP contribution >= 0.6 is 0 Å². The first-order valence-corrected chi connectivity index (χ1v) is 5.20. The molecule has 1 N–H and O–H groups in total. The van der Waals surface area contributed by atoms with Crippen LogP contribution in [0, 0.1) is 5.92 Å². The highest BCUT2D eigenvalue weighted by molar-refractivity contribution is 4.77. The van der Waals surface area contributed by atoms with E-state index in [0.717, 1.165) is 25.6 Å². The van der Waals surface area contributed by atoms with Gasteiger partial charge in [-0.2, -0.15) is 0 Å². The van der Waals surface area contributed by atoms with Gasteiger partial charge in [-0.3, -0.25) is 0 Å². The highest BCUT2D eigenvalue weighted by Crippen LogP contribution is 2.23. The van der Waals surface area contributed by atoms with Crippen LogP contribution in [-0.2, 0) is 4.74 Å². The van der Waals surface area contributed by atoms with Gasteiger partial charge in [-0.1, -0.05) is 20.3 Å². The summed E-state index contributed by atoms with van der Waals surface area (Å²) in [5.41, 5.74) is 0. The zero-order valence-corrected chi connectivity index (χ0v) is 8.31. The summed E-state index contributed by atoms with van der Waals surface area (Å²) in [6.45, 7) is 7.58. The molecule has 0 bridgehead atoms. The van der Waals surface area contributed by atoms with Gasteiger partial charge in [0.25, 0.3) is 0 Å². The summed E-state index contributed by atoms with van der Waals surface area (Å²) in [7, 11) is 0. The first-order chi connectivity index (χ1) is 5.88. The molecule has 0 aromatic rings. The Balaban J connectivity index is 2.20. The van der Waals surface area contributed by atoms with E-state index in [1.807, 2.05) is 0 Å². The van der Waals surface area contributed by atoms with Crippen molar-refractivity contribution < 1.29 is 4.74 Å². The van der Waals surface area contributed by atoms with Crippen molar-refractivity contribution in [2.45, 2.75) is 39.2 Å². The fraction of sp³-hybridized carbons (Fsp3) is 1.00. The maximum absolute atomic E-state index is 5.66. The molecule has 1 aliphatic rings. The van der Waals surface area contributed by atoms with Crippen molar-refractivity contribution in [3.05, 3.63) is 0 Å². The lowest BCUT2D eigenvalue weighted by Crippen LogP contribution is -2.28. The zero-order valence-electron chi connectivity index (χ0n) is 8.31. The Kier molecular flexibility index (Phi) is 4.62. The molecule has 2 heteroatoms. The van der Waals surface area contributed by atoms with E-state index in [-0.39, 0.29) is 0 Å². The van der Waals surface area contributed by atoms with Gasteiger partial charge in [0.15, 0.2) is 0 Å². The van der Waals surface area contributed by atoms with Crippen LogP contribution < -0.4 is 5.32 Å². The second-order valence-corrected chi connectivity index (χ2v) is 3.55. The molecule has 0 aromatic heterocycles. The van der Waals surface area contributed by atoms with Crippen molar-refractivity contribution in [2.24, 2.45) is 5.92 Å². The summed E-state index contributed by atoms with van der Waals surface area (Å²) in [5, 5.41) is 3.40. The van der Waals surface area contributed by atoms with Crippen LogP contribution in [0.4, 0.5) is 0 Å². The van der Waals surface area contributed by atoms with Crippen LogP contribution in [0.15, 0.2) is 0 Å². The molecule has 0 aromatic carbocycles. The molecule has 0 aliphatic carbocycles. The lowest BCUT2D eigenvalue weighted by molar-refractivity contribution is 0.0828. The van der Waals surface area contributed by atoms with Gasteiger partial charge in [0.2, 0.25) is 0 Å². The second-order valence-electron chi connectivity index (χ2n) is 3.55. The van der Waals surface area contributed by atoms with Gasteiger partial charge in [0.1, 0.15) is 0 Å². The van der Waals surface area contributed by atoms with Crippen molar-refractivity contribution in [3.8, 4) is 0 Å². The van der Waals surface area contributed by atoms with E-state index in [1.165, 1.54) is 19.3 Å². The minimum Gasteiger partial charge on any atom is -0.378 e. The molecule has 0 amide bonds. The van der Waals surface area contributed by atoms with E-state index in [0.29, 0.717) is 6.10 Å². The lowest BCUT2D eigenvalue weighted by atomic mass is 9.98. The van der Waals surface area contributed by atoms with Crippen LogP contribution in [0.3, 0.4) is 0 Å². The average molecular weight is 171 g/mol. The molecular weight excluding hydrogens is 150 g/mol. The van der Waals surface area contributed by atoms with Crippen molar-refractivity contribution in [1.82, 2.24) is 5.32 Å². The molecule has 1 aliphatic heterocycles. The highest BCUT2D eigenvalue weighted by atomic mass is 16.5. The van der Waals surface area contributed by atoms with E-state index in [2.05, 4.69) is 19.2 Å². The largest absolute Gasteiger partial charge is 0.378 e. The Hall–Kier alpha value is -0.0800. The number of nitrogens with one attached hydrogen (secondary N) is 1. The maximum Gasteiger partial charge on any atom is 0.0616 e. The summed E-state index contributed by atoms with van der Waals surface area (Å²) in [6, 6.07) is 0.